The van der Waals surface area contributed by atoms with Crippen molar-refractivity contribution in [3.63, 3.8) is 0 Å². The lowest BCUT2D eigenvalue weighted by atomic mass is 10.0. The SMILES string of the molecule is CC(=O)c1ccc(-c2cc(C)ccc2O)cc1. The summed E-state index contributed by atoms with van der Waals surface area (Å²) in [5.74, 6) is 0.302. The van der Waals surface area contributed by atoms with E-state index in [0.717, 1.165) is 16.7 Å². The van der Waals surface area contributed by atoms with Crippen LogP contribution >= 0.6 is 0 Å². The predicted molar refractivity (Wildman–Crippen MR) is 68.3 cm³/mol. The van der Waals surface area contributed by atoms with Crippen molar-refractivity contribution < 1.29 is 9.90 Å². The Hall–Kier alpha value is -2.09. The number of aromatic hydroxyl groups is 1. The molecule has 0 aliphatic carbocycles. The van der Waals surface area contributed by atoms with E-state index >= 15 is 0 Å². The number of hydrogen-bond donors (Lipinski definition) is 1. The van der Waals surface area contributed by atoms with Gasteiger partial charge in [-0.2, -0.15) is 0 Å². The molecule has 1 N–H and O–H groups in total. The van der Waals surface area contributed by atoms with Gasteiger partial charge in [0.15, 0.2) is 5.78 Å². The van der Waals surface area contributed by atoms with Crippen molar-refractivity contribution in [2.24, 2.45) is 0 Å². The topological polar surface area (TPSA) is 37.3 Å². The average molecular weight is 226 g/mol. The first-order chi connectivity index (χ1) is 8.08. The van der Waals surface area contributed by atoms with Gasteiger partial charge in [-0.05, 0) is 31.5 Å². The molecular weight excluding hydrogens is 212 g/mol. The highest BCUT2D eigenvalue weighted by atomic mass is 16.3. The Balaban J connectivity index is 2.46. The van der Waals surface area contributed by atoms with Gasteiger partial charge < -0.3 is 5.11 Å². The zero-order valence-electron chi connectivity index (χ0n) is 9.90. The number of benzene rings is 2. The van der Waals surface area contributed by atoms with Crippen molar-refractivity contribution in [2.45, 2.75) is 13.8 Å². The summed E-state index contributed by atoms with van der Waals surface area (Å²) in [6.45, 7) is 3.52. The van der Waals surface area contributed by atoms with Gasteiger partial charge in [0.1, 0.15) is 5.75 Å². The van der Waals surface area contributed by atoms with Crippen LogP contribution in [0.2, 0.25) is 0 Å². The second-order valence-electron chi connectivity index (χ2n) is 4.15. The Labute approximate surface area is 101 Å². The minimum absolute atomic E-state index is 0.0463. The fraction of sp³-hybridized carbons (Fsp3) is 0.133. The van der Waals surface area contributed by atoms with Crippen LogP contribution in [0.15, 0.2) is 42.5 Å². The summed E-state index contributed by atoms with van der Waals surface area (Å²) in [5, 5.41) is 9.80. The van der Waals surface area contributed by atoms with Gasteiger partial charge in [-0.15, -0.1) is 0 Å². The van der Waals surface area contributed by atoms with Gasteiger partial charge >= 0.3 is 0 Å². The van der Waals surface area contributed by atoms with Crippen molar-refractivity contribution in [2.75, 3.05) is 0 Å². The maximum Gasteiger partial charge on any atom is 0.159 e. The van der Waals surface area contributed by atoms with Crippen molar-refractivity contribution in [1.82, 2.24) is 0 Å². The van der Waals surface area contributed by atoms with E-state index in [1.54, 1.807) is 25.1 Å². The molecule has 0 unspecified atom stereocenters. The van der Waals surface area contributed by atoms with E-state index in [2.05, 4.69) is 0 Å². The zero-order valence-corrected chi connectivity index (χ0v) is 9.90. The third-order valence-corrected chi connectivity index (χ3v) is 2.75. The van der Waals surface area contributed by atoms with Crippen LogP contribution in [0, 0.1) is 6.92 Å². The lowest BCUT2D eigenvalue weighted by Gasteiger charge is -2.06. The summed E-state index contributed by atoms with van der Waals surface area (Å²) in [5.41, 5.74) is 3.48. The standard InChI is InChI=1S/C15H14O2/c1-10-3-8-15(17)14(9-10)13-6-4-12(5-7-13)11(2)16/h3-9,17H,1-2H3. The molecule has 0 atom stereocenters. The molecule has 0 radical (unpaired) electrons. The highest BCUT2D eigenvalue weighted by molar-refractivity contribution is 5.94. The summed E-state index contributed by atoms with van der Waals surface area (Å²) in [4.78, 5) is 11.2. The van der Waals surface area contributed by atoms with Crippen LogP contribution in [0.4, 0.5) is 0 Å². The predicted octanol–water partition coefficient (Wildman–Crippen LogP) is 3.57. The number of rotatable bonds is 2. The lowest BCUT2D eigenvalue weighted by Crippen LogP contribution is -1.91. The van der Waals surface area contributed by atoms with E-state index in [1.807, 2.05) is 31.2 Å². The molecule has 0 saturated carbocycles. The maximum absolute atomic E-state index is 11.2. The van der Waals surface area contributed by atoms with Crippen LogP contribution in [-0.2, 0) is 0 Å². The lowest BCUT2D eigenvalue weighted by molar-refractivity contribution is 0.101. The molecule has 0 aliphatic heterocycles. The molecule has 0 bridgehead atoms. The first-order valence-corrected chi connectivity index (χ1v) is 5.49. The molecule has 0 aromatic heterocycles. The number of phenolic OH excluding ortho intramolecular Hbond substituents is 1. The van der Waals surface area contributed by atoms with Crippen LogP contribution in [0.5, 0.6) is 5.75 Å². The van der Waals surface area contributed by atoms with Crippen molar-refractivity contribution in [3.05, 3.63) is 53.6 Å². The molecule has 2 heteroatoms. The molecule has 0 aliphatic rings. The quantitative estimate of drug-likeness (QED) is 0.795. The number of hydrogen-bond acceptors (Lipinski definition) is 2. The number of phenols is 1. The van der Waals surface area contributed by atoms with Gasteiger partial charge in [-0.25, -0.2) is 0 Å². The molecule has 2 nitrogen and oxygen atoms in total. The smallest absolute Gasteiger partial charge is 0.159 e. The van der Waals surface area contributed by atoms with E-state index < -0.39 is 0 Å². The van der Waals surface area contributed by atoms with Crippen LogP contribution in [0.3, 0.4) is 0 Å². The molecule has 17 heavy (non-hydrogen) atoms. The Bertz CT molecular complexity index is 554. The first-order valence-electron chi connectivity index (χ1n) is 5.49. The van der Waals surface area contributed by atoms with Crippen LogP contribution < -0.4 is 0 Å². The molecule has 0 spiro atoms. The largest absolute Gasteiger partial charge is 0.507 e. The van der Waals surface area contributed by atoms with E-state index in [-0.39, 0.29) is 11.5 Å². The molecule has 2 rings (SSSR count). The molecule has 2 aromatic rings. The Morgan fingerprint density at radius 2 is 1.71 bits per heavy atom. The first kappa shape index (κ1) is 11.4. The Morgan fingerprint density at radius 3 is 2.29 bits per heavy atom. The third-order valence-electron chi connectivity index (χ3n) is 2.75. The monoisotopic (exact) mass is 226 g/mol. The number of ketones is 1. The summed E-state index contributed by atoms with van der Waals surface area (Å²) in [6.07, 6.45) is 0. The highest BCUT2D eigenvalue weighted by Gasteiger charge is 2.05. The Morgan fingerprint density at radius 1 is 1.06 bits per heavy atom. The zero-order chi connectivity index (χ0) is 12.4. The molecule has 0 heterocycles. The van der Waals surface area contributed by atoms with Gasteiger partial charge in [0.05, 0.1) is 0 Å². The van der Waals surface area contributed by atoms with Gasteiger partial charge in [-0.3, -0.25) is 4.79 Å². The normalized spacial score (nSPS) is 10.2. The minimum Gasteiger partial charge on any atom is -0.507 e. The Kier molecular flexibility index (Phi) is 2.96. The van der Waals surface area contributed by atoms with Crippen molar-refractivity contribution >= 4 is 5.78 Å². The van der Waals surface area contributed by atoms with Crippen molar-refractivity contribution in [3.8, 4) is 16.9 Å². The van der Waals surface area contributed by atoms with Crippen LogP contribution in [0.1, 0.15) is 22.8 Å². The molecule has 0 amide bonds. The van der Waals surface area contributed by atoms with Crippen molar-refractivity contribution in [1.29, 1.82) is 0 Å². The molecule has 0 fully saturated rings. The average Bonchev–Trinajstić information content (AvgIpc) is 2.32. The van der Waals surface area contributed by atoms with E-state index in [1.165, 1.54) is 0 Å². The third kappa shape index (κ3) is 2.36. The van der Waals surface area contributed by atoms with E-state index in [9.17, 15) is 9.90 Å². The highest BCUT2D eigenvalue weighted by Crippen LogP contribution is 2.29. The molecule has 2 aromatic carbocycles. The van der Waals surface area contributed by atoms with Crippen LogP contribution in [0.25, 0.3) is 11.1 Å². The number of aryl methyl sites for hydroxylation is 1. The number of Topliss-reactive ketones (excluding diaryl/α,β-unsaturated/α-hetero) is 1. The summed E-state index contributed by atoms with van der Waals surface area (Å²) >= 11 is 0. The summed E-state index contributed by atoms with van der Waals surface area (Å²) in [7, 11) is 0. The fourth-order valence-electron chi connectivity index (χ4n) is 1.77. The number of carbonyl (C=O) groups is 1. The molecule has 0 saturated heterocycles. The van der Waals surface area contributed by atoms with Gasteiger partial charge in [0.2, 0.25) is 0 Å². The molecular formula is C15H14O2. The summed E-state index contributed by atoms with van der Waals surface area (Å²) in [6, 6.07) is 12.7. The second-order valence-corrected chi connectivity index (χ2v) is 4.15. The summed E-state index contributed by atoms with van der Waals surface area (Å²) < 4.78 is 0. The van der Waals surface area contributed by atoms with Crippen LogP contribution in [-0.4, -0.2) is 10.9 Å². The van der Waals surface area contributed by atoms with Gasteiger partial charge in [0.25, 0.3) is 0 Å². The fourth-order valence-corrected chi connectivity index (χ4v) is 1.77. The maximum atomic E-state index is 11.2. The van der Waals surface area contributed by atoms with Gasteiger partial charge in [-0.1, -0.05) is 35.9 Å². The minimum atomic E-state index is 0.0463. The van der Waals surface area contributed by atoms with E-state index in [0.29, 0.717) is 5.56 Å². The van der Waals surface area contributed by atoms with E-state index in [4.69, 9.17) is 0 Å². The second kappa shape index (κ2) is 4.42. The number of carbonyl (C=O) groups excluding carboxylic acids is 1. The van der Waals surface area contributed by atoms with Gasteiger partial charge in [0, 0.05) is 11.1 Å². The molecule has 86 valence electrons.